The molecule has 28 heavy (non-hydrogen) atoms. The molecule has 8 heteroatoms. The molecule has 0 aliphatic carbocycles. The molecule has 0 saturated carbocycles. The van der Waals surface area contributed by atoms with Crippen LogP contribution in [0.5, 0.6) is 5.75 Å². The zero-order valence-corrected chi connectivity index (χ0v) is 15.5. The van der Waals surface area contributed by atoms with Crippen molar-refractivity contribution < 1.29 is 9.13 Å². The van der Waals surface area contributed by atoms with Gasteiger partial charge < -0.3 is 19.9 Å². The maximum atomic E-state index is 13.8. The Hall–Kier alpha value is -3.42. The van der Waals surface area contributed by atoms with Crippen molar-refractivity contribution in [1.29, 1.82) is 0 Å². The number of aromatic nitrogens is 3. The number of hydrogen-bond acceptors (Lipinski definition) is 7. The van der Waals surface area contributed by atoms with Crippen molar-refractivity contribution in [2.24, 2.45) is 0 Å². The Morgan fingerprint density at radius 2 is 1.68 bits per heavy atom. The SMILES string of the molecule is COc1ccccc1N1CCN(c2cnnc(Nc3ccccc3F)n2)CC1. The normalized spacial score (nSPS) is 14.1. The van der Waals surface area contributed by atoms with Crippen LogP contribution in [-0.2, 0) is 0 Å². The zero-order chi connectivity index (χ0) is 19.3. The molecule has 1 aromatic heterocycles. The highest BCUT2D eigenvalue weighted by molar-refractivity contribution is 5.60. The molecule has 1 N–H and O–H groups in total. The monoisotopic (exact) mass is 380 g/mol. The molecule has 144 valence electrons. The second-order valence-corrected chi connectivity index (χ2v) is 6.39. The van der Waals surface area contributed by atoms with E-state index in [2.05, 4.69) is 36.4 Å². The highest BCUT2D eigenvalue weighted by Gasteiger charge is 2.21. The number of hydrogen-bond donors (Lipinski definition) is 1. The van der Waals surface area contributed by atoms with E-state index in [9.17, 15) is 4.39 Å². The number of nitrogens with zero attached hydrogens (tertiary/aromatic N) is 5. The Bertz CT molecular complexity index is 945. The lowest BCUT2D eigenvalue weighted by atomic mass is 10.2. The van der Waals surface area contributed by atoms with Crippen molar-refractivity contribution in [3.8, 4) is 5.75 Å². The van der Waals surface area contributed by atoms with Crippen LogP contribution in [0, 0.1) is 5.82 Å². The van der Waals surface area contributed by atoms with Crippen LogP contribution in [0.4, 0.5) is 27.5 Å². The Balaban J connectivity index is 1.44. The van der Waals surface area contributed by atoms with Crippen LogP contribution in [0.2, 0.25) is 0 Å². The van der Waals surface area contributed by atoms with Crippen molar-refractivity contribution in [3.63, 3.8) is 0 Å². The molecule has 7 nitrogen and oxygen atoms in total. The van der Waals surface area contributed by atoms with Gasteiger partial charge in [-0.2, -0.15) is 10.1 Å². The van der Waals surface area contributed by atoms with E-state index < -0.39 is 0 Å². The molecule has 1 aliphatic heterocycles. The van der Waals surface area contributed by atoms with E-state index in [1.165, 1.54) is 6.07 Å². The molecular weight excluding hydrogens is 359 g/mol. The summed E-state index contributed by atoms with van der Waals surface area (Å²) in [7, 11) is 1.69. The van der Waals surface area contributed by atoms with Crippen LogP contribution in [-0.4, -0.2) is 48.5 Å². The molecule has 0 amide bonds. The van der Waals surface area contributed by atoms with Gasteiger partial charge in [0.05, 0.1) is 24.7 Å². The molecular formula is C20H21FN6O. The fourth-order valence-corrected chi connectivity index (χ4v) is 3.25. The number of benzene rings is 2. The van der Waals surface area contributed by atoms with Crippen molar-refractivity contribution in [2.75, 3.05) is 48.4 Å². The first-order valence-corrected chi connectivity index (χ1v) is 9.09. The number of halogens is 1. The summed E-state index contributed by atoms with van der Waals surface area (Å²) < 4.78 is 19.3. The average molecular weight is 380 g/mol. The Labute approximate surface area is 162 Å². The third kappa shape index (κ3) is 3.80. The fourth-order valence-electron chi connectivity index (χ4n) is 3.25. The molecule has 1 saturated heterocycles. The van der Waals surface area contributed by atoms with Crippen LogP contribution >= 0.6 is 0 Å². The lowest BCUT2D eigenvalue weighted by Gasteiger charge is -2.37. The molecule has 3 aromatic rings. The number of rotatable bonds is 5. The molecule has 0 radical (unpaired) electrons. The maximum Gasteiger partial charge on any atom is 0.249 e. The topological polar surface area (TPSA) is 66.4 Å². The van der Waals surface area contributed by atoms with Crippen LogP contribution in [0.25, 0.3) is 0 Å². The molecule has 2 heterocycles. The van der Waals surface area contributed by atoms with Crippen LogP contribution in [0.15, 0.2) is 54.7 Å². The van der Waals surface area contributed by atoms with Crippen LogP contribution in [0.3, 0.4) is 0 Å². The third-order valence-corrected chi connectivity index (χ3v) is 4.70. The van der Waals surface area contributed by atoms with Gasteiger partial charge in [0, 0.05) is 26.2 Å². The van der Waals surface area contributed by atoms with Gasteiger partial charge in [0.1, 0.15) is 11.6 Å². The first-order chi connectivity index (χ1) is 13.7. The van der Waals surface area contributed by atoms with Crippen molar-refractivity contribution >= 4 is 23.1 Å². The third-order valence-electron chi connectivity index (χ3n) is 4.70. The van der Waals surface area contributed by atoms with Gasteiger partial charge in [0.15, 0.2) is 5.82 Å². The predicted molar refractivity (Wildman–Crippen MR) is 107 cm³/mol. The minimum absolute atomic E-state index is 0.273. The highest BCUT2D eigenvalue weighted by Crippen LogP contribution is 2.29. The summed E-state index contributed by atoms with van der Waals surface area (Å²) in [5.41, 5.74) is 1.41. The average Bonchev–Trinajstić information content (AvgIpc) is 2.76. The van der Waals surface area contributed by atoms with E-state index in [4.69, 9.17) is 4.74 Å². The van der Waals surface area contributed by atoms with Crippen molar-refractivity contribution in [1.82, 2.24) is 15.2 Å². The Kier molecular flexibility index (Phi) is 5.18. The van der Waals surface area contributed by atoms with E-state index >= 15 is 0 Å². The molecule has 1 fully saturated rings. The largest absolute Gasteiger partial charge is 0.495 e. The van der Waals surface area contributed by atoms with Gasteiger partial charge in [-0.25, -0.2) is 4.39 Å². The smallest absolute Gasteiger partial charge is 0.249 e. The first-order valence-electron chi connectivity index (χ1n) is 9.09. The summed E-state index contributed by atoms with van der Waals surface area (Å²) in [4.78, 5) is 8.94. The van der Waals surface area contributed by atoms with Gasteiger partial charge in [0.2, 0.25) is 5.95 Å². The highest BCUT2D eigenvalue weighted by atomic mass is 19.1. The van der Waals surface area contributed by atoms with Gasteiger partial charge in [-0.05, 0) is 24.3 Å². The Morgan fingerprint density at radius 1 is 0.964 bits per heavy atom. The number of para-hydroxylation sites is 3. The first kappa shape index (κ1) is 18.0. The summed E-state index contributed by atoms with van der Waals surface area (Å²) >= 11 is 0. The van der Waals surface area contributed by atoms with Crippen molar-refractivity contribution in [3.05, 3.63) is 60.5 Å². The molecule has 0 spiro atoms. The summed E-state index contributed by atoms with van der Waals surface area (Å²) in [5, 5.41) is 10.9. The molecule has 2 aromatic carbocycles. The van der Waals surface area contributed by atoms with Gasteiger partial charge in [0.25, 0.3) is 0 Å². The van der Waals surface area contributed by atoms with Crippen LogP contribution in [0.1, 0.15) is 0 Å². The van der Waals surface area contributed by atoms with E-state index in [-0.39, 0.29) is 11.8 Å². The quantitative estimate of drug-likeness (QED) is 0.730. The lowest BCUT2D eigenvalue weighted by Crippen LogP contribution is -2.47. The summed E-state index contributed by atoms with van der Waals surface area (Å²) in [6.45, 7) is 3.24. The predicted octanol–water partition coefficient (Wildman–Crippen LogP) is 3.09. The molecule has 1 aliphatic rings. The fraction of sp³-hybridized carbons (Fsp3) is 0.250. The van der Waals surface area contributed by atoms with Crippen LogP contribution < -0.4 is 19.9 Å². The van der Waals surface area contributed by atoms with Gasteiger partial charge in [-0.15, -0.1) is 5.10 Å². The number of ether oxygens (including phenoxy) is 1. The van der Waals surface area contributed by atoms with Gasteiger partial charge in [-0.3, -0.25) is 0 Å². The summed E-state index contributed by atoms with van der Waals surface area (Å²) in [5.74, 6) is 1.50. The van der Waals surface area contributed by atoms with E-state index in [0.717, 1.165) is 37.6 Å². The molecule has 0 unspecified atom stereocenters. The molecule has 0 atom stereocenters. The van der Waals surface area contributed by atoms with Crippen molar-refractivity contribution in [2.45, 2.75) is 0 Å². The number of anilines is 4. The second kappa shape index (κ2) is 8.08. The van der Waals surface area contributed by atoms with Gasteiger partial charge >= 0.3 is 0 Å². The van der Waals surface area contributed by atoms with E-state index in [0.29, 0.717) is 11.5 Å². The minimum atomic E-state index is -0.359. The van der Waals surface area contributed by atoms with E-state index in [1.807, 2.05) is 18.2 Å². The maximum absolute atomic E-state index is 13.8. The zero-order valence-electron chi connectivity index (χ0n) is 15.5. The van der Waals surface area contributed by atoms with Gasteiger partial charge in [-0.1, -0.05) is 24.3 Å². The Morgan fingerprint density at radius 3 is 2.46 bits per heavy atom. The molecule has 0 bridgehead atoms. The number of methoxy groups -OCH3 is 1. The minimum Gasteiger partial charge on any atom is -0.495 e. The number of nitrogens with one attached hydrogen (secondary N) is 1. The summed E-state index contributed by atoms with van der Waals surface area (Å²) in [6.07, 6.45) is 1.63. The number of piperazine rings is 1. The molecule has 4 rings (SSSR count). The summed E-state index contributed by atoms with van der Waals surface area (Å²) in [6, 6.07) is 14.4. The second-order valence-electron chi connectivity index (χ2n) is 6.39. The van der Waals surface area contributed by atoms with E-state index in [1.54, 1.807) is 31.5 Å². The lowest BCUT2D eigenvalue weighted by molar-refractivity contribution is 0.413. The standard InChI is InChI=1S/C20H21FN6O/c1-28-18-9-5-4-8-17(18)26-10-12-27(13-11-26)19-14-22-25-20(24-19)23-16-7-3-2-6-15(16)21/h2-9,14H,10-13H2,1H3,(H,23,24,25).